The van der Waals surface area contributed by atoms with Crippen LogP contribution in [0.3, 0.4) is 0 Å². The average molecular weight is 523 g/mol. The monoisotopic (exact) mass is 522 g/mol. The molecule has 5 rings (SSSR count). The molecule has 3 aromatic carbocycles. The lowest BCUT2D eigenvalue weighted by atomic mass is 10.0. The van der Waals surface area contributed by atoms with Crippen LogP contribution < -0.4 is 15.0 Å². The van der Waals surface area contributed by atoms with Crippen molar-refractivity contribution >= 4 is 38.5 Å². The number of aromatic nitrogens is 3. The molecular formula is C25H19ClN4O5S. The third-order valence-corrected chi connectivity index (χ3v) is 7.40. The second kappa shape index (κ2) is 9.14. The van der Waals surface area contributed by atoms with Gasteiger partial charge in [0.1, 0.15) is 12.0 Å². The molecule has 0 aliphatic carbocycles. The molecule has 36 heavy (non-hydrogen) atoms. The summed E-state index contributed by atoms with van der Waals surface area (Å²) in [5.41, 5.74) is 3.58. The van der Waals surface area contributed by atoms with Gasteiger partial charge in [-0.1, -0.05) is 28.9 Å². The lowest BCUT2D eigenvalue weighted by Crippen LogP contribution is -2.20. The second-order valence-corrected chi connectivity index (χ2v) is 10.0. The lowest BCUT2D eigenvalue weighted by Gasteiger charge is -2.15. The van der Waals surface area contributed by atoms with Crippen LogP contribution in [-0.4, -0.2) is 30.2 Å². The molecule has 5 aromatic rings. The highest BCUT2D eigenvalue weighted by Crippen LogP contribution is 2.32. The van der Waals surface area contributed by atoms with Crippen molar-refractivity contribution in [1.82, 2.24) is 14.7 Å². The fourth-order valence-corrected chi connectivity index (χ4v) is 4.97. The maximum absolute atomic E-state index is 12.9. The molecule has 9 nitrogen and oxygen atoms in total. The molecule has 2 aromatic heterocycles. The second-order valence-electron chi connectivity index (χ2n) is 7.92. The number of halogens is 1. The molecule has 0 radical (unpaired) electrons. The van der Waals surface area contributed by atoms with E-state index < -0.39 is 15.6 Å². The van der Waals surface area contributed by atoms with Gasteiger partial charge < -0.3 is 9.26 Å². The van der Waals surface area contributed by atoms with Crippen molar-refractivity contribution in [2.75, 3.05) is 11.8 Å². The normalized spacial score (nSPS) is 11.5. The third-order valence-electron chi connectivity index (χ3n) is 5.62. The smallest absolute Gasteiger partial charge is 0.274 e. The minimum Gasteiger partial charge on any atom is -0.495 e. The van der Waals surface area contributed by atoms with Crippen LogP contribution in [-0.2, 0) is 10.0 Å². The molecule has 0 spiro atoms. The quantitative estimate of drug-likeness (QED) is 0.340. The number of ether oxygens (including phenoxy) is 1. The van der Waals surface area contributed by atoms with E-state index >= 15 is 0 Å². The number of hydrogen-bond donors (Lipinski definition) is 1. The van der Waals surface area contributed by atoms with Crippen molar-refractivity contribution < 1.29 is 17.7 Å². The Balaban J connectivity index is 1.61. The first-order chi connectivity index (χ1) is 17.3. The van der Waals surface area contributed by atoms with Gasteiger partial charge in [-0.05, 0) is 66.1 Å². The highest BCUT2D eigenvalue weighted by Gasteiger charge is 2.19. The van der Waals surface area contributed by atoms with E-state index in [0.717, 1.165) is 22.9 Å². The summed E-state index contributed by atoms with van der Waals surface area (Å²) in [6, 6.07) is 16.9. The lowest BCUT2D eigenvalue weighted by molar-refractivity contribution is 0.413. The fourth-order valence-electron chi connectivity index (χ4n) is 3.84. The zero-order chi connectivity index (χ0) is 25.4. The molecule has 182 valence electrons. The number of aryl methyl sites for hydroxylation is 1. The molecular weight excluding hydrogens is 504 g/mol. The van der Waals surface area contributed by atoms with E-state index in [1.807, 2.05) is 37.3 Å². The van der Waals surface area contributed by atoms with E-state index in [1.54, 1.807) is 6.07 Å². The number of methoxy groups -OCH3 is 1. The van der Waals surface area contributed by atoms with Crippen molar-refractivity contribution in [2.24, 2.45) is 0 Å². The zero-order valence-corrected chi connectivity index (χ0v) is 20.7. The topological polar surface area (TPSA) is 116 Å². The Morgan fingerprint density at radius 2 is 1.81 bits per heavy atom. The third kappa shape index (κ3) is 4.32. The molecule has 11 heteroatoms. The summed E-state index contributed by atoms with van der Waals surface area (Å²) < 4.78 is 39.6. The van der Waals surface area contributed by atoms with Crippen molar-refractivity contribution in [2.45, 2.75) is 11.8 Å². The van der Waals surface area contributed by atoms with Crippen LogP contribution >= 0.6 is 11.6 Å². The molecule has 0 saturated carbocycles. The highest BCUT2D eigenvalue weighted by atomic mass is 35.5. The number of nitrogens with zero attached hydrogens (tertiary/aromatic N) is 3. The summed E-state index contributed by atoms with van der Waals surface area (Å²) in [4.78, 5) is 17.0. The molecule has 0 saturated heterocycles. The van der Waals surface area contributed by atoms with Crippen molar-refractivity contribution in [3.63, 3.8) is 0 Å². The Bertz CT molecular complexity index is 1770. The van der Waals surface area contributed by atoms with Gasteiger partial charge in [-0.2, -0.15) is 0 Å². The maximum atomic E-state index is 12.9. The van der Waals surface area contributed by atoms with Gasteiger partial charge in [-0.25, -0.2) is 13.4 Å². The number of rotatable bonds is 6. The SMILES string of the molecule is COc1cc(-c2ccc(Cl)c(C)c2)ccc1-n1c(=O)cnc2cc(S(=O)(=O)Nc3ccon3)ccc21. The Kier molecular flexibility index (Phi) is 5.99. The van der Waals surface area contributed by atoms with E-state index in [9.17, 15) is 13.2 Å². The van der Waals surface area contributed by atoms with Crippen LogP contribution in [0, 0.1) is 6.92 Å². The number of nitrogens with one attached hydrogen (secondary N) is 1. The molecule has 0 unspecified atom stereocenters. The van der Waals surface area contributed by atoms with E-state index in [1.165, 1.54) is 42.2 Å². The van der Waals surface area contributed by atoms with Gasteiger partial charge in [0.05, 0.1) is 34.9 Å². The Morgan fingerprint density at radius 1 is 1.03 bits per heavy atom. The number of anilines is 1. The maximum Gasteiger partial charge on any atom is 0.274 e. The van der Waals surface area contributed by atoms with Crippen LogP contribution in [0.2, 0.25) is 5.02 Å². The van der Waals surface area contributed by atoms with Crippen LogP contribution in [0.1, 0.15) is 5.56 Å². The molecule has 0 aliphatic rings. The molecule has 0 fully saturated rings. The minimum absolute atomic E-state index is 0.0453. The van der Waals surface area contributed by atoms with Gasteiger partial charge in [0.15, 0.2) is 5.82 Å². The number of fused-ring (bicyclic) bond motifs is 1. The highest BCUT2D eigenvalue weighted by molar-refractivity contribution is 7.92. The predicted octanol–water partition coefficient (Wildman–Crippen LogP) is 4.81. The van der Waals surface area contributed by atoms with Gasteiger partial charge in [-0.15, -0.1) is 0 Å². The van der Waals surface area contributed by atoms with E-state index in [2.05, 4.69) is 19.4 Å². The van der Waals surface area contributed by atoms with Crippen molar-refractivity contribution in [3.05, 3.63) is 94.1 Å². The average Bonchev–Trinajstić information content (AvgIpc) is 3.37. The van der Waals surface area contributed by atoms with Crippen molar-refractivity contribution in [3.8, 4) is 22.6 Å². The largest absolute Gasteiger partial charge is 0.495 e. The molecule has 0 aliphatic heterocycles. The summed E-state index contributed by atoms with van der Waals surface area (Å²) in [6.45, 7) is 1.93. The summed E-state index contributed by atoms with van der Waals surface area (Å²) >= 11 is 6.16. The number of hydrogen-bond acceptors (Lipinski definition) is 7. The van der Waals surface area contributed by atoms with E-state index in [4.69, 9.17) is 16.3 Å². The molecule has 0 amide bonds. The van der Waals surface area contributed by atoms with Gasteiger partial charge in [-0.3, -0.25) is 14.1 Å². The Labute approximate surface area is 211 Å². The molecule has 0 atom stereocenters. The first-order valence-corrected chi connectivity index (χ1v) is 12.5. The van der Waals surface area contributed by atoms with Crippen LogP contribution in [0.25, 0.3) is 27.8 Å². The van der Waals surface area contributed by atoms with Crippen LogP contribution in [0.4, 0.5) is 5.82 Å². The van der Waals surface area contributed by atoms with E-state index in [-0.39, 0.29) is 10.7 Å². The Hall–Kier alpha value is -4.15. The first-order valence-electron chi connectivity index (χ1n) is 10.7. The van der Waals surface area contributed by atoms with Gasteiger partial charge in [0, 0.05) is 11.1 Å². The zero-order valence-electron chi connectivity index (χ0n) is 19.1. The minimum atomic E-state index is -3.95. The number of sulfonamides is 1. The summed E-state index contributed by atoms with van der Waals surface area (Å²) in [5.74, 6) is 0.507. The first kappa shape index (κ1) is 23.6. The molecule has 2 heterocycles. The molecule has 0 bridgehead atoms. The number of benzene rings is 3. The van der Waals surface area contributed by atoms with Gasteiger partial charge in [0.2, 0.25) is 0 Å². The van der Waals surface area contributed by atoms with Crippen LogP contribution in [0.5, 0.6) is 5.75 Å². The fraction of sp³-hybridized carbons (Fsp3) is 0.0800. The summed E-state index contributed by atoms with van der Waals surface area (Å²) in [5, 5.41) is 4.24. The standard InChI is InChI=1S/C25H19ClN4O5S/c1-15-11-16(3-6-19(15)26)17-4-7-22(23(12-17)34-2)30-21-8-5-18(13-20(21)27-14-25(30)31)36(32,33)29-24-9-10-35-28-24/h3-14H,1-2H3,(H,28,29). The van der Waals surface area contributed by atoms with E-state index in [0.29, 0.717) is 27.5 Å². The van der Waals surface area contributed by atoms with Crippen LogP contribution in [0.15, 0.2) is 87.3 Å². The molecule has 1 N–H and O–H groups in total. The summed E-state index contributed by atoms with van der Waals surface area (Å²) in [7, 11) is -2.43. The Morgan fingerprint density at radius 3 is 2.53 bits per heavy atom. The predicted molar refractivity (Wildman–Crippen MR) is 136 cm³/mol. The van der Waals surface area contributed by atoms with Gasteiger partial charge in [0.25, 0.3) is 15.6 Å². The van der Waals surface area contributed by atoms with Gasteiger partial charge >= 0.3 is 0 Å². The summed E-state index contributed by atoms with van der Waals surface area (Å²) in [6.07, 6.45) is 2.39. The van der Waals surface area contributed by atoms with Crippen molar-refractivity contribution in [1.29, 1.82) is 0 Å².